The van der Waals surface area contributed by atoms with Crippen LogP contribution >= 0.6 is 0 Å². The molecule has 1 aliphatic heterocycles. The molecule has 156 valence electrons. The second-order valence-corrected chi connectivity index (χ2v) is 7.99. The summed E-state index contributed by atoms with van der Waals surface area (Å²) in [5.74, 6) is 0.00439. The van der Waals surface area contributed by atoms with Crippen molar-refractivity contribution in [2.24, 2.45) is 0 Å². The highest BCUT2D eigenvalue weighted by Crippen LogP contribution is 2.24. The molecule has 0 radical (unpaired) electrons. The Labute approximate surface area is 175 Å². The highest BCUT2D eigenvalue weighted by atomic mass is 16.2. The number of carbonyl (C=O) groups excluding carboxylic acids is 1. The summed E-state index contributed by atoms with van der Waals surface area (Å²) in [4.78, 5) is 17.4. The van der Waals surface area contributed by atoms with Gasteiger partial charge in [-0.05, 0) is 56.6 Å². The molecule has 1 amide bonds. The van der Waals surface area contributed by atoms with Gasteiger partial charge in [-0.1, -0.05) is 36.8 Å². The molecule has 3 rings (SSSR count). The van der Waals surface area contributed by atoms with Gasteiger partial charge in [0.25, 0.3) is 0 Å². The minimum Gasteiger partial charge on any atom is -0.374 e. The molecule has 5 nitrogen and oxygen atoms in total. The molecule has 2 aromatic rings. The van der Waals surface area contributed by atoms with E-state index in [0.717, 1.165) is 44.0 Å². The maximum Gasteiger partial charge on any atom is 0.242 e. The molecule has 5 heteroatoms. The number of anilines is 2. The average molecular weight is 395 g/mol. The standard InChI is InChI=1S/C24H34N4O/c1-5-27-12-14-28(15-13-27)22-10-11-23(19(3)16-22)26-20(4)24(29)25-17-21-8-6-18(2)7-9-21/h6-11,16,20,26H,5,12-15,17H2,1-4H3,(H,25,29)/t20-/m1/s1. The Kier molecular flexibility index (Phi) is 7.15. The summed E-state index contributed by atoms with van der Waals surface area (Å²) in [6.45, 7) is 14.3. The number of rotatable bonds is 7. The van der Waals surface area contributed by atoms with Crippen LogP contribution in [0.3, 0.4) is 0 Å². The van der Waals surface area contributed by atoms with E-state index in [9.17, 15) is 4.79 Å². The van der Waals surface area contributed by atoms with Crippen LogP contribution in [0.25, 0.3) is 0 Å². The maximum absolute atomic E-state index is 12.5. The van der Waals surface area contributed by atoms with E-state index in [0.29, 0.717) is 6.54 Å². The van der Waals surface area contributed by atoms with Crippen LogP contribution in [0.1, 0.15) is 30.5 Å². The van der Waals surface area contributed by atoms with Crippen molar-refractivity contribution in [3.05, 3.63) is 59.2 Å². The number of benzene rings is 2. The Balaban J connectivity index is 1.53. The number of hydrogen-bond acceptors (Lipinski definition) is 4. The Morgan fingerprint density at radius 3 is 2.34 bits per heavy atom. The van der Waals surface area contributed by atoms with Gasteiger partial charge in [-0.2, -0.15) is 0 Å². The fraction of sp³-hybridized carbons (Fsp3) is 0.458. The Bertz CT molecular complexity index is 810. The van der Waals surface area contributed by atoms with Crippen LogP contribution in [0.2, 0.25) is 0 Å². The largest absolute Gasteiger partial charge is 0.374 e. The minimum absolute atomic E-state index is 0.00439. The van der Waals surface area contributed by atoms with Crippen molar-refractivity contribution in [1.82, 2.24) is 10.2 Å². The van der Waals surface area contributed by atoms with Gasteiger partial charge in [0.2, 0.25) is 5.91 Å². The third-order valence-corrected chi connectivity index (χ3v) is 5.75. The van der Waals surface area contributed by atoms with Crippen LogP contribution in [-0.2, 0) is 11.3 Å². The zero-order valence-corrected chi connectivity index (χ0v) is 18.2. The predicted octanol–water partition coefficient (Wildman–Crippen LogP) is 3.56. The van der Waals surface area contributed by atoms with E-state index in [4.69, 9.17) is 0 Å². The van der Waals surface area contributed by atoms with Gasteiger partial charge in [-0.15, -0.1) is 0 Å². The molecule has 0 aliphatic carbocycles. The summed E-state index contributed by atoms with van der Waals surface area (Å²) in [6, 6.07) is 14.4. The van der Waals surface area contributed by atoms with Gasteiger partial charge in [0, 0.05) is 44.1 Å². The average Bonchev–Trinajstić information content (AvgIpc) is 2.74. The second-order valence-electron chi connectivity index (χ2n) is 7.99. The molecule has 1 aliphatic rings. The number of hydrogen-bond donors (Lipinski definition) is 2. The Hall–Kier alpha value is -2.53. The molecule has 1 saturated heterocycles. The van der Waals surface area contributed by atoms with Crippen molar-refractivity contribution in [3.63, 3.8) is 0 Å². The third-order valence-electron chi connectivity index (χ3n) is 5.75. The summed E-state index contributed by atoms with van der Waals surface area (Å²) in [5.41, 5.74) is 5.78. The molecule has 0 aromatic heterocycles. The predicted molar refractivity (Wildman–Crippen MR) is 122 cm³/mol. The van der Waals surface area contributed by atoms with Gasteiger partial charge in [0.15, 0.2) is 0 Å². The Morgan fingerprint density at radius 1 is 1.03 bits per heavy atom. The van der Waals surface area contributed by atoms with E-state index < -0.39 is 0 Å². The first-order valence-electron chi connectivity index (χ1n) is 10.6. The number of carbonyl (C=O) groups is 1. The quantitative estimate of drug-likeness (QED) is 0.754. The lowest BCUT2D eigenvalue weighted by Gasteiger charge is -2.35. The lowest BCUT2D eigenvalue weighted by Crippen LogP contribution is -2.46. The second kappa shape index (κ2) is 9.79. The van der Waals surface area contributed by atoms with E-state index in [1.54, 1.807) is 0 Å². The van der Waals surface area contributed by atoms with Gasteiger partial charge in [-0.25, -0.2) is 0 Å². The van der Waals surface area contributed by atoms with Gasteiger partial charge in [0.1, 0.15) is 6.04 Å². The van der Waals surface area contributed by atoms with Crippen molar-refractivity contribution in [2.45, 2.75) is 40.3 Å². The van der Waals surface area contributed by atoms with Crippen LogP contribution in [0.5, 0.6) is 0 Å². The first-order chi connectivity index (χ1) is 14.0. The number of aryl methyl sites for hydroxylation is 2. The van der Waals surface area contributed by atoms with Crippen molar-refractivity contribution in [3.8, 4) is 0 Å². The van der Waals surface area contributed by atoms with Crippen molar-refractivity contribution in [2.75, 3.05) is 42.9 Å². The Morgan fingerprint density at radius 2 is 1.72 bits per heavy atom. The molecule has 2 aromatic carbocycles. The molecule has 0 spiro atoms. The zero-order chi connectivity index (χ0) is 20.8. The summed E-state index contributed by atoms with van der Waals surface area (Å²) in [6.07, 6.45) is 0. The van der Waals surface area contributed by atoms with Crippen LogP contribution in [-0.4, -0.2) is 49.6 Å². The molecular weight excluding hydrogens is 360 g/mol. The number of nitrogens with one attached hydrogen (secondary N) is 2. The molecule has 1 fully saturated rings. The summed E-state index contributed by atoms with van der Waals surface area (Å²) >= 11 is 0. The molecular formula is C24H34N4O. The number of amides is 1. The first kappa shape index (κ1) is 21.2. The van der Waals surface area contributed by atoms with E-state index in [2.05, 4.69) is 83.7 Å². The van der Waals surface area contributed by atoms with Gasteiger partial charge in [0.05, 0.1) is 0 Å². The summed E-state index contributed by atoms with van der Waals surface area (Å²) in [5, 5.41) is 6.38. The minimum atomic E-state index is -0.293. The fourth-order valence-electron chi connectivity index (χ4n) is 3.68. The molecule has 2 N–H and O–H groups in total. The van der Waals surface area contributed by atoms with E-state index >= 15 is 0 Å². The number of piperazine rings is 1. The highest BCUT2D eigenvalue weighted by molar-refractivity contribution is 5.84. The zero-order valence-electron chi connectivity index (χ0n) is 18.2. The van der Waals surface area contributed by atoms with Gasteiger partial charge in [-0.3, -0.25) is 4.79 Å². The smallest absolute Gasteiger partial charge is 0.242 e. The van der Waals surface area contributed by atoms with Crippen molar-refractivity contribution >= 4 is 17.3 Å². The molecule has 0 bridgehead atoms. The summed E-state index contributed by atoms with van der Waals surface area (Å²) < 4.78 is 0. The third kappa shape index (κ3) is 5.73. The molecule has 1 heterocycles. The molecule has 0 saturated carbocycles. The lowest BCUT2D eigenvalue weighted by atomic mass is 10.1. The first-order valence-corrected chi connectivity index (χ1v) is 10.6. The van der Waals surface area contributed by atoms with E-state index in [1.165, 1.54) is 16.8 Å². The topological polar surface area (TPSA) is 47.6 Å². The maximum atomic E-state index is 12.5. The fourth-order valence-corrected chi connectivity index (χ4v) is 3.68. The summed E-state index contributed by atoms with van der Waals surface area (Å²) in [7, 11) is 0. The van der Waals surface area contributed by atoms with Crippen molar-refractivity contribution in [1.29, 1.82) is 0 Å². The van der Waals surface area contributed by atoms with E-state index in [1.807, 2.05) is 6.92 Å². The highest BCUT2D eigenvalue weighted by Gasteiger charge is 2.17. The molecule has 0 unspecified atom stereocenters. The van der Waals surface area contributed by atoms with Gasteiger partial charge >= 0.3 is 0 Å². The van der Waals surface area contributed by atoms with Crippen LogP contribution in [0.4, 0.5) is 11.4 Å². The molecule has 29 heavy (non-hydrogen) atoms. The normalized spacial score (nSPS) is 15.8. The van der Waals surface area contributed by atoms with Crippen molar-refractivity contribution < 1.29 is 4.79 Å². The van der Waals surface area contributed by atoms with Crippen LogP contribution in [0, 0.1) is 13.8 Å². The molecule has 1 atom stereocenters. The number of nitrogens with zero attached hydrogens (tertiary/aromatic N) is 2. The monoisotopic (exact) mass is 394 g/mol. The SMILES string of the molecule is CCN1CCN(c2ccc(N[C@H](C)C(=O)NCc3ccc(C)cc3)c(C)c2)CC1. The van der Waals surface area contributed by atoms with E-state index in [-0.39, 0.29) is 11.9 Å². The number of likely N-dealkylation sites (N-methyl/N-ethyl adjacent to an activating group) is 1. The van der Waals surface area contributed by atoms with Gasteiger partial charge < -0.3 is 20.4 Å². The van der Waals surface area contributed by atoms with Crippen LogP contribution < -0.4 is 15.5 Å². The van der Waals surface area contributed by atoms with Crippen LogP contribution in [0.15, 0.2) is 42.5 Å². The lowest BCUT2D eigenvalue weighted by molar-refractivity contribution is -0.121.